The van der Waals surface area contributed by atoms with Gasteiger partial charge in [-0.3, -0.25) is 0 Å². The molecule has 1 aromatic carbocycles. The van der Waals surface area contributed by atoms with Crippen LogP contribution in [0.5, 0.6) is 0 Å². The third-order valence-corrected chi connectivity index (χ3v) is 6.88. The lowest BCUT2D eigenvalue weighted by molar-refractivity contribution is 0.441. The van der Waals surface area contributed by atoms with Crippen LogP contribution in [-0.4, -0.2) is 65.3 Å². The van der Waals surface area contributed by atoms with Crippen molar-refractivity contribution in [3.05, 3.63) is 35.4 Å². The van der Waals surface area contributed by atoms with Gasteiger partial charge in [-0.2, -0.15) is 15.0 Å². The molecule has 2 saturated heterocycles. The number of aromatic nitrogens is 3. The van der Waals surface area contributed by atoms with Crippen LogP contribution >= 0.6 is 0 Å². The quantitative estimate of drug-likeness (QED) is 0.430. The molecule has 2 aliphatic heterocycles. The number of nitrogens with two attached hydrogens (primary N) is 4. The van der Waals surface area contributed by atoms with Gasteiger partial charge >= 0.3 is 0 Å². The van der Waals surface area contributed by atoms with Crippen molar-refractivity contribution < 1.29 is 0 Å². The molecule has 10 nitrogen and oxygen atoms in total. The number of piperidine rings is 2. The third-order valence-electron chi connectivity index (χ3n) is 6.88. The molecule has 9 N–H and O–H groups in total. The summed E-state index contributed by atoms with van der Waals surface area (Å²) in [5.74, 6) is 1.77. The van der Waals surface area contributed by atoms with Gasteiger partial charge in [0.1, 0.15) is 0 Å². The van der Waals surface area contributed by atoms with Gasteiger partial charge in [0, 0.05) is 50.3 Å². The van der Waals surface area contributed by atoms with Gasteiger partial charge < -0.3 is 38.1 Å². The van der Waals surface area contributed by atoms with Crippen molar-refractivity contribution in [2.24, 2.45) is 22.9 Å². The van der Waals surface area contributed by atoms with Crippen LogP contribution < -0.4 is 38.1 Å². The lowest BCUT2D eigenvalue weighted by Crippen LogP contribution is -2.54. The van der Waals surface area contributed by atoms with E-state index in [1.54, 1.807) is 0 Å². The minimum atomic E-state index is -0.00701. The number of hydrogen-bond acceptors (Lipinski definition) is 10. The van der Waals surface area contributed by atoms with Gasteiger partial charge in [-0.1, -0.05) is 24.3 Å². The molecule has 2 fully saturated rings. The summed E-state index contributed by atoms with van der Waals surface area (Å²) in [6, 6.07) is 8.73. The molecule has 0 spiro atoms. The Bertz CT molecular complexity index is 904. The summed E-state index contributed by atoms with van der Waals surface area (Å²) in [5.41, 5.74) is 27.7. The number of nitrogens with zero attached hydrogens (tertiary/aromatic N) is 5. The van der Waals surface area contributed by atoms with E-state index < -0.39 is 0 Å². The highest BCUT2D eigenvalue weighted by Gasteiger charge is 2.29. The van der Waals surface area contributed by atoms with E-state index in [1.807, 2.05) is 0 Å². The van der Waals surface area contributed by atoms with Crippen LogP contribution in [0.4, 0.5) is 17.8 Å². The number of fused-ring (bicyclic) bond motifs is 1. The minimum Gasteiger partial charge on any atom is -0.347 e. The third kappa shape index (κ3) is 5.03. The minimum absolute atomic E-state index is 0.00701. The molecule has 1 aromatic heterocycles. The molecule has 2 aromatic rings. The second kappa shape index (κ2) is 9.38. The second-order valence-corrected chi connectivity index (χ2v) is 9.87. The topological polar surface area (TPSA) is 161 Å². The predicted octanol–water partition coefficient (Wildman–Crippen LogP) is 0.0905. The van der Waals surface area contributed by atoms with Gasteiger partial charge in [0.15, 0.2) is 0 Å². The summed E-state index contributed by atoms with van der Waals surface area (Å²) in [6.45, 7) is 2.67. The standard InChI is InChI=1S/C23H36N10/c24-15-8-16(25)11-32(10-15)22-29-21(28-20-7-3-5-14-4-1-2-6-19(14)20)30-23(31-22)33-12-17(26)9-18(27)13-33/h1-2,4,6,15-18,20H,3,5,7-13,24-27H2,(H,28,29,30,31)/t15-,16+,17-,18+,20?. The van der Waals surface area contributed by atoms with Crippen LogP contribution in [0.2, 0.25) is 0 Å². The predicted molar refractivity (Wildman–Crippen MR) is 131 cm³/mol. The fourth-order valence-electron chi connectivity index (χ4n) is 5.44. The molecule has 1 aliphatic carbocycles. The van der Waals surface area contributed by atoms with Crippen LogP contribution in [0.15, 0.2) is 24.3 Å². The summed E-state index contributed by atoms with van der Waals surface area (Å²) in [7, 11) is 0. The van der Waals surface area contributed by atoms with Crippen LogP contribution in [0, 0.1) is 0 Å². The van der Waals surface area contributed by atoms with E-state index in [0.29, 0.717) is 44.0 Å². The Hall–Kier alpha value is -2.53. The molecule has 1 unspecified atom stereocenters. The van der Waals surface area contributed by atoms with Gasteiger partial charge in [0.05, 0.1) is 6.04 Å². The Balaban J connectivity index is 1.48. The fourth-order valence-corrected chi connectivity index (χ4v) is 5.44. The highest BCUT2D eigenvalue weighted by molar-refractivity contribution is 5.48. The van der Waals surface area contributed by atoms with Crippen molar-refractivity contribution in [3.63, 3.8) is 0 Å². The lowest BCUT2D eigenvalue weighted by Gasteiger charge is -2.37. The summed E-state index contributed by atoms with van der Waals surface area (Å²) in [6.07, 6.45) is 4.87. The van der Waals surface area contributed by atoms with Gasteiger partial charge in [-0.15, -0.1) is 0 Å². The highest BCUT2D eigenvalue weighted by atomic mass is 15.4. The van der Waals surface area contributed by atoms with Gasteiger partial charge in [0.2, 0.25) is 17.8 Å². The monoisotopic (exact) mass is 452 g/mol. The van der Waals surface area contributed by atoms with Crippen molar-refractivity contribution in [3.8, 4) is 0 Å². The molecule has 0 radical (unpaired) electrons. The zero-order chi connectivity index (χ0) is 22.9. The Labute approximate surface area is 195 Å². The van der Waals surface area contributed by atoms with E-state index in [-0.39, 0.29) is 30.2 Å². The van der Waals surface area contributed by atoms with Crippen molar-refractivity contribution in [1.82, 2.24) is 15.0 Å². The first-order chi connectivity index (χ1) is 15.9. The molecular weight excluding hydrogens is 416 g/mol. The van der Waals surface area contributed by atoms with Crippen LogP contribution in [0.25, 0.3) is 0 Å². The maximum Gasteiger partial charge on any atom is 0.232 e. The van der Waals surface area contributed by atoms with Gasteiger partial charge in [0.25, 0.3) is 0 Å². The van der Waals surface area contributed by atoms with Crippen LogP contribution in [0.1, 0.15) is 42.9 Å². The SMILES string of the molecule is N[C@@H]1C[C@H](N)CN(c2nc(NC3CCCc4ccccc43)nc(N3C[C@H](N)C[C@H](N)C3)n2)C1. The van der Waals surface area contributed by atoms with Crippen LogP contribution in [0.3, 0.4) is 0 Å². The zero-order valence-corrected chi connectivity index (χ0v) is 19.1. The molecule has 0 saturated carbocycles. The molecule has 3 aliphatic rings. The number of aryl methyl sites for hydroxylation is 1. The molecule has 10 heteroatoms. The number of hydrogen-bond donors (Lipinski definition) is 5. The maximum atomic E-state index is 6.26. The summed E-state index contributed by atoms with van der Waals surface area (Å²) < 4.78 is 0. The average Bonchev–Trinajstić information content (AvgIpc) is 2.78. The van der Waals surface area contributed by atoms with Gasteiger partial charge in [-0.25, -0.2) is 0 Å². The second-order valence-electron chi connectivity index (χ2n) is 9.87. The van der Waals surface area contributed by atoms with Crippen LogP contribution in [-0.2, 0) is 6.42 Å². The van der Waals surface area contributed by atoms with E-state index in [9.17, 15) is 0 Å². The first-order valence-electron chi connectivity index (χ1n) is 12.1. The zero-order valence-electron chi connectivity index (χ0n) is 19.1. The summed E-state index contributed by atoms with van der Waals surface area (Å²) in [5, 5.41) is 3.60. The lowest BCUT2D eigenvalue weighted by atomic mass is 9.88. The largest absolute Gasteiger partial charge is 0.347 e. The smallest absolute Gasteiger partial charge is 0.232 e. The normalized spacial score (nSPS) is 30.1. The molecule has 0 bridgehead atoms. The van der Waals surface area contributed by atoms with E-state index >= 15 is 0 Å². The average molecular weight is 453 g/mol. The van der Waals surface area contributed by atoms with E-state index in [2.05, 4.69) is 39.4 Å². The molecule has 3 heterocycles. The molecule has 178 valence electrons. The number of nitrogens with one attached hydrogen (secondary N) is 1. The Morgan fingerprint density at radius 1 is 0.758 bits per heavy atom. The maximum absolute atomic E-state index is 6.26. The summed E-state index contributed by atoms with van der Waals surface area (Å²) in [4.78, 5) is 18.6. The Kier molecular flexibility index (Phi) is 6.33. The first kappa shape index (κ1) is 22.3. The summed E-state index contributed by atoms with van der Waals surface area (Å²) >= 11 is 0. The Morgan fingerprint density at radius 2 is 1.30 bits per heavy atom. The van der Waals surface area contributed by atoms with E-state index in [0.717, 1.165) is 32.1 Å². The fraction of sp³-hybridized carbons (Fsp3) is 0.609. The molecule has 0 amide bonds. The molecular formula is C23H36N10. The molecule has 5 atom stereocenters. The first-order valence-corrected chi connectivity index (χ1v) is 12.1. The Morgan fingerprint density at radius 3 is 1.88 bits per heavy atom. The van der Waals surface area contributed by atoms with Crippen molar-refractivity contribution >= 4 is 17.8 Å². The molecule has 33 heavy (non-hydrogen) atoms. The number of benzene rings is 1. The van der Waals surface area contributed by atoms with E-state index in [4.69, 9.17) is 37.9 Å². The number of anilines is 3. The highest BCUT2D eigenvalue weighted by Crippen LogP contribution is 2.32. The van der Waals surface area contributed by atoms with Crippen molar-refractivity contribution in [2.75, 3.05) is 41.3 Å². The van der Waals surface area contributed by atoms with Gasteiger partial charge in [-0.05, 0) is 43.2 Å². The molecule has 5 rings (SSSR count). The van der Waals surface area contributed by atoms with Crippen molar-refractivity contribution in [2.45, 2.75) is 62.3 Å². The van der Waals surface area contributed by atoms with Crippen molar-refractivity contribution in [1.29, 1.82) is 0 Å². The number of rotatable bonds is 4. The van der Waals surface area contributed by atoms with E-state index in [1.165, 1.54) is 11.1 Å².